The van der Waals surface area contributed by atoms with Crippen molar-refractivity contribution in [3.63, 3.8) is 0 Å². The van der Waals surface area contributed by atoms with Crippen molar-refractivity contribution in [3.8, 4) is 0 Å². The van der Waals surface area contributed by atoms with Crippen LogP contribution in [-0.4, -0.2) is 12.6 Å². The predicted octanol–water partition coefficient (Wildman–Crippen LogP) is 5.36. The van der Waals surface area contributed by atoms with Gasteiger partial charge < -0.3 is 5.32 Å². The van der Waals surface area contributed by atoms with E-state index in [0.29, 0.717) is 11.1 Å². The van der Waals surface area contributed by atoms with Gasteiger partial charge in [-0.15, -0.1) is 0 Å². The molecule has 0 aliphatic carbocycles. The Labute approximate surface area is 127 Å². The van der Waals surface area contributed by atoms with Crippen LogP contribution in [0.1, 0.15) is 57.9 Å². The van der Waals surface area contributed by atoms with Crippen LogP contribution in [-0.2, 0) is 6.42 Å². The fourth-order valence-electron chi connectivity index (χ4n) is 2.41. The summed E-state index contributed by atoms with van der Waals surface area (Å²) in [6, 6.07) is 5.17. The van der Waals surface area contributed by atoms with Gasteiger partial charge in [0.1, 0.15) is 5.82 Å². The topological polar surface area (TPSA) is 12.0 Å². The van der Waals surface area contributed by atoms with Crippen LogP contribution in [0.25, 0.3) is 0 Å². The molecule has 20 heavy (non-hydrogen) atoms. The van der Waals surface area contributed by atoms with Crippen LogP contribution in [0.4, 0.5) is 4.39 Å². The lowest BCUT2D eigenvalue weighted by Crippen LogP contribution is -2.32. The van der Waals surface area contributed by atoms with E-state index in [1.807, 2.05) is 0 Å². The Balaban J connectivity index is 2.55. The molecule has 1 N–H and O–H groups in total. The Morgan fingerprint density at radius 3 is 2.65 bits per heavy atom. The van der Waals surface area contributed by atoms with Crippen LogP contribution in [0, 0.1) is 5.82 Å². The zero-order valence-electron chi connectivity index (χ0n) is 12.7. The monoisotopic (exact) mass is 299 g/mol. The van der Waals surface area contributed by atoms with E-state index in [4.69, 9.17) is 11.6 Å². The zero-order valence-corrected chi connectivity index (χ0v) is 13.5. The number of hydrogen-bond donors (Lipinski definition) is 1. The van der Waals surface area contributed by atoms with Gasteiger partial charge in [0, 0.05) is 11.1 Å². The van der Waals surface area contributed by atoms with Crippen LogP contribution in [0.15, 0.2) is 18.2 Å². The smallest absolute Gasteiger partial charge is 0.126 e. The van der Waals surface area contributed by atoms with E-state index >= 15 is 0 Å². The lowest BCUT2D eigenvalue weighted by atomic mass is 9.99. The van der Waals surface area contributed by atoms with Crippen molar-refractivity contribution in [1.82, 2.24) is 5.32 Å². The standard InChI is InChI=1S/C17H27ClFN/c1-3-5-6-7-8-16(20-11-4-2)13-14-12-15(18)9-10-17(14)19/h9-10,12,16,20H,3-8,11,13H2,1-2H3. The Kier molecular flexibility index (Phi) is 8.88. The van der Waals surface area contributed by atoms with Gasteiger partial charge in [0.2, 0.25) is 0 Å². The van der Waals surface area contributed by atoms with Crippen LogP contribution < -0.4 is 5.32 Å². The molecule has 1 aromatic rings. The summed E-state index contributed by atoms with van der Waals surface area (Å²) in [4.78, 5) is 0. The summed E-state index contributed by atoms with van der Waals surface area (Å²) in [7, 11) is 0. The molecule has 0 fully saturated rings. The maximum absolute atomic E-state index is 13.8. The maximum atomic E-state index is 13.8. The number of unbranched alkanes of at least 4 members (excludes halogenated alkanes) is 3. The van der Waals surface area contributed by atoms with Gasteiger partial charge in [-0.25, -0.2) is 4.39 Å². The van der Waals surface area contributed by atoms with Crippen molar-refractivity contribution in [2.75, 3.05) is 6.54 Å². The largest absolute Gasteiger partial charge is 0.314 e. The minimum absolute atomic E-state index is 0.147. The Morgan fingerprint density at radius 2 is 1.95 bits per heavy atom. The summed E-state index contributed by atoms with van der Waals surface area (Å²) in [5, 5.41) is 4.14. The van der Waals surface area contributed by atoms with E-state index in [0.717, 1.165) is 31.4 Å². The normalized spacial score (nSPS) is 12.6. The lowest BCUT2D eigenvalue weighted by Gasteiger charge is -2.19. The van der Waals surface area contributed by atoms with E-state index < -0.39 is 0 Å². The number of halogens is 2. The predicted molar refractivity (Wildman–Crippen MR) is 86.0 cm³/mol. The third-order valence-corrected chi connectivity index (χ3v) is 3.80. The summed E-state index contributed by atoms with van der Waals surface area (Å²) in [6.45, 7) is 5.36. The molecule has 1 unspecified atom stereocenters. The van der Waals surface area contributed by atoms with Crippen LogP contribution in [0.5, 0.6) is 0 Å². The Hall–Kier alpha value is -0.600. The molecule has 0 aliphatic rings. The molecule has 114 valence electrons. The van der Waals surface area contributed by atoms with Crippen molar-refractivity contribution in [1.29, 1.82) is 0 Å². The van der Waals surface area contributed by atoms with Gasteiger partial charge in [0.25, 0.3) is 0 Å². The molecule has 1 aromatic carbocycles. The molecule has 1 rings (SSSR count). The molecule has 0 saturated heterocycles. The second-order valence-electron chi connectivity index (χ2n) is 5.44. The zero-order chi connectivity index (χ0) is 14.8. The van der Waals surface area contributed by atoms with Gasteiger partial charge in [-0.05, 0) is 49.6 Å². The minimum atomic E-state index is -0.147. The number of nitrogens with one attached hydrogen (secondary N) is 1. The molecule has 0 heterocycles. The molecule has 0 spiro atoms. The average Bonchev–Trinajstić information content (AvgIpc) is 2.44. The van der Waals surface area contributed by atoms with Crippen LogP contribution in [0.2, 0.25) is 5.02 Å². The van der Waals surface area contributed by atoms with Crippen molar-refractivity contribution >= 4 is 11.6 Å². The molecule has 3 heteroatoms. The molecular weight excluding hydrogens is 273 g/mol. The van der Waals surface area contributed by atoms with E-state index in [1.54, 1.807) is 12.1 Å². The highest BCUT2D eigenvalue weighted by atomic mass is 35.5. The minimum Gasteiger partial charge on any atom is -0.314 e. The number of rotatable bonds is 10. The van der Waals surface area contributed by atoms with Crippen molar-refractivity contribution in [3.05, 3.63) is 34.6 Å². The van der Waals surface area contributed by atoms with E-state index in [9.17, 15) is 4.39 Å². The molecule has 0 aromatic heterocycles. The first-order chi connectivity index (χ1) is 9.67. The quantitative estimate of drug-likeness (QED) is 0.573. The summed E-state index contributed by atoms with van der Waals surface area (Å²) in [5.41, 5.74) is 0.724. The van der Waals surface area contributed by atoms with Gasteiger partial charge in [-0.1, -0.05) is 51.1 Å². The summed E-state index contributed by atoms with van der Waals surface area (Å²) in [6.07, 6.45) is 7.92. The first kappa shape index (κ1) is 17.5. The molecule has 0 bridgehead atoms. The fraction of sp³-hybridized carbons (Fsp3) is 0.647. The van der Waals surface area contributed by atoms with Gasteiger partial charge in [0.15, 0.2) is 0 Å². The molecule has 0 saturated carbocycles. The van der Waals surface area contributed by atoms with Crippen molar-refractivity contribution < 1.29 is 4.39 Å². The Morgan fingerprint density at radius 1 is 1.15 bits per heavy atom. The summed E-state index contributed by atoms with van der Waals surface area (Å²) in [5.74, 6) is -0.147. The number of hydrogen-bond acceptors (Lipinski definition) is 1. The molecular formula is C17H27ClFN. The van der Waals surface area contributed by atoms with E-state index in [2.05, 4.69) is 19.2 Å². The molecule has 0 radical (unpaired) electrons. The molecule has 0 aliphatic heterocycles. The third kappa shape index (κ3) is 6.71. The van der Waals surface area contributed by atoms with Crippen molar-refractivity contribution in [2.45, 2.75) is 64.8 Å². The molecule has 0 amide bonds. The molecule has 1 nitrogen and oxygen atoms in total. The van der Waals surface area contributed by atoms with Gasteiger partial charge >= 0.3 is 0 Å². The van der Waals surface area contributed by atoms with Gasteiger partial charge in [0.05, 0.1) is 0 Å². The first-order valence-electron chi connectivity index (χ1n) is 7.84. The van der Waals surface area contributed by atoms with E-state index in [-0.39, 0.29) is 5.82 Å². The lowest BCUT2D eigenvalue weighted by molar-refractivity contribution is 0.446. The van der Waals surface area contributed by atoms with E-state index in [1.165, 1.54) is 31.7 Å². The second-order valence-corrected chi connectivity index (χ2v) is 5.88. The fourth-order valence-corrected chi connectivity index (χ4v) is 2.60. The van der Waals surface area contributed by atoms with Crippen LogP contribution in [0.3, 0.4) is 0 Å². The average molecular weight is 300 g/mol. The highest BCUT2D eigenvalue weighted by Gasteiger charge is 2.12. The first-order valence-corrected chi connectivity index (χ1v) is 8.22. The van der Waals surface area contributed by atoms with Crippen LogP contribution >= 0.6 is 11.6 Å². The highest BCUT2D eigenvalue weighted by molar-refractivity contribution is 6.30. The molecule has 1 atom stereocenters. The highest BCUT2D eigenvalue weighted by Crippen LogP contribution is 2.18. The second kappa shape index (κ2) is 10.2. The van der Waals surface area contributed by atoms with Crippen molar-refractivity contribution in [2.24, 2.45) is 0 Å². The van der Waals surface area contributed by atoms with Gasteiger partial charge in [-0.3, -0.25) is 0 Å². The maximum Gasteiger partial charge on any atom is 0.126 e. The summed E-state index contributed by atoms with van der Waals surface area (Å²) >= 11 is 5.96. The third-order valence-electron chi connectivity index (χ3n) is 3.56. The summed E-state index contributed by atoms with van der Waals surface area (Å²) < 4.78 is 13.8. The number of benzene rings is 1. The Bertz CT molecular complexity index is 381. The SMILES string of the molecule is CCCCCCC(Cc1cc(Cl)ccc1F)NCCC. The van der Waals surface area contributed by atoms with Gasteiger partial charge in [-0.2, -0.15) is 0 Å².